The molecule has 2 atom stereocenters. The van der Waals surface area contributed by atoms with Gasteiger partial charge >= 0.3 is 0 Å². The number of rotatable bonds is 2. The van der Waals surface area contributed by atoms with Crippen molar-refractivity contribution in [1.29, 1.82) is 0 Å². The minimum Gasteiger partial charge on any atom is -0.374 e. The van der Waals surface area contributed by atoms with Crippen molar-refractivity contribution in [2.45, 2.75) is 39.5 Å². The molecule has 0 amide bonds. The van der Waals surface area contributed by atoms with Crippen LogP contribution in [-0.4, -0.2) is 13.6 Å². The van der Waals surface area contributed by atoms with Gasteiger partial charge in [0, 0.05) is 19.3 Å². The van der Waals surface area contributed by atoms with Crippen LogP contribution in [0.2, 0.25) is 0 Å². The molecule has 0 saturated heterocycles. The SMILES string of the molecule is CCCC1CCN(C)c2ccccc2C[C@H]1C. The largest absolute Gasteiger partial charge is 0.374 e. The molecule has 1 aliphatic heterocycles. The van der Waals surface area contributed by atoms with Crippen molar-refractivity contribution in [3.8, 4) is 0 Å². The van der Waals surface area contributed by atoms with E-state index in [0.29, 0.717) is 0 Å². The molecular weight excluding hydrogens is 206 g/mol. The summed E-state index contributed by atoms with van der Waals surface area (Å²) in [6, 6.07) is 8.90. The first kappa shape index (κ1) is 12.5. The molecule has 0 aliphatic carbocycles. The molecule has 0 spiro atoms. The molecule has 0 bridgehead atoms. The predicted octanol–water partition coefficient (Wildman–Crippen LogP) is 4.12. The van der Waals surface area contributed by atoms with Gasteiger partial charge in [-0.3, -0.25) is 0 Å². The highest BCUT2D eigenvalue weighted by atomic mass is 15.1. The van der Waals surface area contributed by atoms with Crippen LogP contribution in [0.5, 0.6) is 0 Å². The molecule has 94 valence electrons. The highest BCUT2D eigenvalue weighted by Crippen LogP contribution is 2.32. The topological polar surface area (TPSA) is 3.24 Å². The van der Waals surface area contributed by atoms with Gasteiger partial charge in [0.05, 0.1) is 0 Å². The van der Waals surface area contributed by atoms with Gasteiger partial charge in [-0.1, -0.05) is 44.9 Å². The second-order valence-corrected chi connectivity index (χ2v) is 5.57. The first-order valence-corrected chi connectivity index (χ1v) is 7.01. The predicted molar refractivity (Wildman–Crippen MR) is 75.6 cm³/mol. The Morgan fingerprint density at radius 1 is 1.29 bits per heavy atom. The van der Waals surface area contributed by atoms with Crippen LogP contribution in [0, 0.1) is 11.8 Å². The molecule has 1 unspecified atom stereocenters. The molecule has 0 fully saturated rings. The monoisotopic (exact) mass is 231 g/mol. The molecule has 1 aromatic rings. The standard InChI is InChI=1S/C16H25N/c1-4-7-14-10-11-17(3)16-9-6-5-8-15(16)12-13(14)2/h5-6,8-9,13-14H,4,7,10-12H2,1-3H3/t13-,14?/m1/s1. The van der Waals surface area contributed by atoms with E-state index in [4.69, 9.17) is 0 Å². The molecule has 0 saturated carbocycles. The molecule has 1 aliphatic rings. The highest BCUT2D eigenvalue weighted by molar-refractivity contribution is 5.53. The zero-order valence-electron chi connectivity index (χ0n) is 11.4. The first-order chi connectivity index (χ1) is 8.22. The van der Waals surface area contributed by atoms with Gasteiger partial charge in [0.15, 0.2) is 0 Å². The number of hydrogen-bond acceptors (Lipinski definition) is 1. The van der Waals surface area contributed by atoms with Crippen molar-refractivity contribution in [3.63, 3.8) is 0 Å². The van der Waals surface area contributed by atoms with Crippen LogP contribution in [0.1, 0.15) is 38.7 Å². The average Bonchev–Trinajstić information content (AvgIpc) is 2.33. The highest BCUT2D eigenvalue weighted by Gasteiger charge is 2.22. The molecule has 0 N–H and O–H groups in total. The Kier molecular flexibility index (Phi) is 4.09. The van der Waals surface area contributed by atoms with Crippen molar-refractivity contribution in [2.75, 3.05) is 18.5 Å². The smallest absolute Gasteiger partial charge is 0.0396 e. The summed E-state index contributed by atoms with van der Waals surface area (Å²) in [4.78, 5) is 2.43. The zero-order valence-corrected chi connectivity index (χ0v) is 11.4. The lowest BCUT2D eigenvalue weighted by molar-refractivity contribution is 0.309. The van der Waals surface area contributed by atoms with Gasteiger partial charge in [0.25, 0.3) is 0 Å². The van der Waals surface area contributed by atoms with Crippen LogP contribution in [0.25, 0.3) is 0 Å². The van der Waals surface area contributed by atoms with E-state index in [-0.39, 0.29) is 0 Å². The number of para-hydroxylation sites is 1. The Bertz CT molecular complexity index is 358. The third-order valence-electron chi connectivity index (χ3n) is 4.24. The van der Waals surface area contributed by atoms with Gasteiger partial charge in [-0.05, 0) is 36.3 Å². The minimum atomic E-state index is 0.824. The van der Waals surface area contributed by atoms with Crippen LogP contribution in [0.3, 0.4) is 0 Å². The number of hydrogen-bond donors (Lipinski definition) is 0. The van der Waals surface area contributed by atoms with Gasteiger partial charge in [0.2, 0.25) is 0 Å². The van der Waals surface area contributed by atoms with Crippen molar-refractivity contribution >= 4 is 5.69 Å². The summed E-state index contributed by atoms with van der Waals surface area (Å²) in [6.07, 6.45) is 5.29. The van der Waals surface area contributed by atoms with E-state index in [1.54, 1.807) is 0 Å². The lowest BCUT2D eigenvalue weighted by Crippen LogP contribution is -2.28. The lowest BCUT2D eigenvalue weighted by atomic mass is 9.81. The summed E-state index contributed by atoms with van der Waals surface area (Å²) in [5.74, 6) is 1.72. The van der Waals surface area contributed by atoms with E-state index in [2.05, 4.69) is 50.1 Å². The van der Waals surface area contributed by atoms with Crippen molar-refractivity contribution in [1.82, 2.24) is 0 Å². The van der Waals surface area contributed by atoms with Crippen molar-refractivity contribution < 1.29 is 0 Å². The van der Waals surface area contributed by atoms with Gasteiger partial charge in [-0.2, -0.15) is 0 Å². The molecule has 0 radical (unpaired) electrons. The quantitative estimate of drug-likeness (QED) is 0.740. The third kappa shape index (κ3) is 2.83. The number of anilines is 1. The lowest BCUT2D eigenvalue weighted by Gasteiger charge is -2.32. The maximum atomic E-state index is 2.43. The molecule has 1 heteroatoms. The fraction of sp³-hybridized carbons (Fsp3) is 0.625. The summed E-state index contributed by atoms with van der Waals surface area (Å²) < 4.78 is 0. The van der Waals surface area contributed by atoms with E-state index in [0.717, 1.165) is 11.8 Å². The summed E-state index contributed by atoms with van der Waals surface area (Å²) in [7, 11) is 2.23. The van der Waals surface area contributed by atoms with Gasteiger partial charge < -0.3 is 4.90 Å². The Balaban J connectivity index is 2.22. The third-order valence-corrected chi connectivity index (χ3v) is 4.24. The van der Waals surface area contributed by atoms with Crippen molar-refractivity contribution in [2.24, 2.45) is 11.8 Å². The minimum absolute atomic E-state index is 0.824. The fourth-order valence-electron chi connectivity index (χ4n) is 3.13. The van der Waals surface area contributed by atoms with E-state index in [1.165, 1.54) is 43.5 Å². The molecule has 17 heavy (non-hydrogen) atoms. The number of nitrogens with zero attached hydrogens (tertiary/aromatic N) is 1. The van der Waals surface area contributed by atoms with Gasteiger partial charge in [0.1, 0.15) is 0 Å². The zero-order chi connectivity index (χ0) is 12.3. The van der Waals surface area contributed by atoms with Crippen LogP contribution < -0.4 is 4.90 Å². The van der Waals surface area contributed by atoms with E-state index >= 15 is 0 Å². The van der Waals surface area contributed by atoms with Crippen LogP contribution >= 0.6 is 0 Å². The second kappa shape index (κ2) is 5.57. The average molecular weight is 231 g/mol. The molecule has 0 aromatic heterocycles. The fourth-order valence-corrected chi connectivity index (χ4v) is 3.13. The molecule has 1 nitrogen and oxygen atoms in total. The summed E-state index contributed by atoms with van der Waals surface area (Å²) in [6.45, 7) is 5.94. The van der Waals surface area contributed by atoms with E-state index < -0.39 is 0 Å². The Morgan fingerprint density at radius 3 is 2.82 bits per heavy atom. The molecule has 2 rings (SSSR count). The second-order valence-electron chi connectivity index (χ2n) is 5.57. The van der Waals surface area contributed by atoms with E-state index in [9.17, 15) is 0 Å². The van der Waals surface area contributed by atoms with Crippen LogP contribution in [0.15, 0.2) is 24.3 Å². The summed E-state index contributed by atoms with van der Waals surface area (Å²) in [5.41, 5.74) is 2.97. The molecular formula is C16H25N. The molecule has 1 aromatic carbocycles. The number of fused-ring (bicyclic) bond motifs is 1. The maximum absolute atomic E-state index is 2.43. The Labute approximate surface area is 106 Å². The summed E-state index contributed by atoms with van der Waals surface area (Å²) >= 11 is 0. The van der Waals surface area contributed by atoms with Gasteiger partial charge in [-0.25, -0.2) is 0 Å². The van der Waals surface area contributed by atoms with Crippen LogP contribution in [0.4, 0.5) is 5.69 Å². The van der Waals surface area contributed by atoms with Crippen LogP contribution in [-0.2, 0) is 6.42 Å². The molecule has 1 heterocycles. The maximum Gasteiger partial charge on any atom is 0.0396 e. The van der Waals surface area contributed by atoms with Crippen molar-refractivity contribution in [3.05, 3.63) is 29.8 Å². The first-order valence-electron chi connectivity index (χ1n) is 7.01. The van der Waals surface area contributed by atoms with Gasteiger partial charge in [-0.15, -0.1) is 0 Å². The Morgan fingerprint density at radius 2 is 2.06 bits per heavy atom. The summed E-state index contributed by atoms with van der Waals surface area (Å²) in [5, 5.41) is 0. The van der Waals surface area contributed by atoms with E-state index in [1.807, 2.05) is 0 Å². The Hall–Kier alpha value is -0.980. The normalized spacial score (nSPS) is 25.0. The number of benzene rings is 1.